The normalized spacial score (nSPS) is 11.7. The first-order valence-electron chi connectivity index (χ1n) is 5.35. The third kappa shape index (κ3) is 3.06. The second-order valence-corrected chi connectivity index (χ2v) is 3.87. The van der Waals surface area contributed by atoms with Crippen LogP contribution >= 0.6 is 0 Å². The van der Waals surface area contributed by atoms with E-state index in [4.69, 9.17) is 9.52 Å². The molecule has 0 aliphatic heterocycles. The largest absolute Gasteiger partial charge is 0.478 e. The molecule has 1 aromatic heterocycles. The average molecular weight is 243 g/mol. The van der Waals surface area contributed by atoms with Gasteiger partial charge in [-0.15, -0.1) is 0 Å². The van der Waals surface area contributed by atoms with Gasteiger partial charge in [0.05, 0.1) is 31.6 Å². The molecule has 0 radical (unpaired) electrons. The summed E-state index contributed by atoms with van der Waals surface area (Å²) in [5.74, 6) is -0.789. The van der Waals surface area contributed by atoms with Crippen LogP contribution in [0.3, 0.4) is 0 Å². The van der Waals surface area contributed by atoms with Crippen LogP contribution in [-0.2, 0) is 6.54 Å². The summed E-state index contributed by atoms with van der Waals surface area (Å²) in [5.41, 5.74) is -0.735. The van der Waals surface area contributed by atoms with Crippen LogP contribution < -0.4 is 5.32 Å². The number of carboxylic acid groups (broad SMARTS) is 1. The Balaban J connectivity index is 2.72. The smallest absolute Gasteiger partial charge is 0.339 e. The van der Waals surface area contributed by atoms with Gasteiger partial charge < -0.3 is 25.1 Å². The van der Waals surface area contributed by atoms with Gasteiger partial charge in [0.2, 0.25) is 0 Å². The number of rotatable bonds is 7. The molecule has 0 spiro atoms. The number of furan rings is 1. The fraction of sp³-hybridized carbons (Fsp3) is 0.545. The number of hydrogen-bond acceptors (Lipinski definition) is 5. The molecule has 96 valence electrons. The van der Waals surface area contributed by atoms with Crippen LogP contribution in [0.1, 0.15) is 29.5 Å². The molecule has 0 amide bonds. The lowest BCUT2D eigenvalue weighted by Gasteiger charge is -2.29. The minimum absolute atomic E-state index is 0.0818. The van der Waals surface area contributed by atoms with E-state index in [2.05, 4.69) is 5.32 Å². The molecule has 6 heteroatoms. The monoisotopic (exact) mass is 243 g/mol. The Morgan fingerprint density at radius 1 is 1.47 bits per heavy atom. The number of carboxylic acids is 1. The Hall–Kier alpha value is -1.37. The molecule has 0 bridgehead atoms. The van der Waals surface area contributed by atoms with Crippen LogP contribution in [0.2, 0.25) is 0 Å². The van der Waals surface area contributed by atoms with Crippen molar-refractivity contribution >= 4 is 5.97 Å². The van der Waals surface area contributed by atoms with E-state index in [1.165, 1.54) is 12.3 Å². The molecular formula is C11H17NO5. The Labute approximate surface area is 98.9 Å². The third-order valence-corrected chi connectivity index (χ3v) is 2.88. The highest BCUT2D eigenvalue weighted by molar-refractivity contribution is 5.88. The van der Waals surface area contributed by atoms with Crippen molar-refractivity contribution < 1.29 is 24.5 Å². The summed E-state index contributed by atoms with van der Waals surface area (Å²) < 4.78 is 5.05. The summed E-state index contributed by atoms with van der Waals surface area (Å²) in [6.07, 6.45) is 1.81. The van der Waals surface area contributed by atoms with Gasteiger partial charge in [0.25, 0.3) is 0 Å². The molecule has 0 unspecified atom stereocenters. The van der Waals surface area contributed by atoms with Crippen molar-refractivity contribution in [2.24, 2.45) is 0 Å². The van der Waals surface area contributed by atoms with E-state index in [1.807, 2.05) is 6.92 Å². The molecule has 0 aliphatic carbocycles. The van der Waals surface area contributed by atoms with Crippen LogP contribution in [0.25, 0.3) is 0 Å². The maximum Gasteiger partial charge on any atom is 0.339 e. The maximum atomic E-state index is 10.8. The molecular weight excluding hydrogens is 226 g/mol. The van der Waals surface area contributed by atoms with Crippen LogP contribution in [0.5, 0.6) is 0 Å². The molecule has 0 aromatic carbocycles. The van der Waals surface area contributed by atoms with E-state index in [1.54, 1.807) is 0 Å². The van der Waals surface area contributed by atoms with Crippen molar-refractivity contribution in [3.63, 3.8) is 0 Å². The van der Waals surface area contributed by atoms with E-state index in [0.717, 1.165) is 0 Å². The molecule has 1 heterocycles. The third-order valence-electron chi connectivity index (χ3n) is 2.88. The lowest BCUT2D eigenvalue weighted by Crippen LogP contribution is -2.50. The molecule has 17 heavy (non-hydrogen) atoms. The molecule has 0 aliphatic rings. The second kappa shape index (κ2) is 5.81. The molecule has 0 fully saturated rings. The van der Waals surface area contributed by atoms with Crippen molar-refractivity contribution in [2.45, 2.75) is 25.4 Å². The Bertz CT molecular complexity index is 361. The van der Waals surface area contributed by atoms with Gasteiger partial charge in [0.1, 0.15) is 11.3 Å². The van der Waals surface area contributed by atoms with Crippen LogP contribution in [0.4, 0.5) is 0 Å². The SMILES string of the molecule is CCC(CO)(CO)NCc1occc1C(=O)O. The van der Waals surface area contributed by atoms with Gasteiger partial charge in [0.15, 0.2) is 0 Å². The van der Waals surface area contributed by atoms with Gasteiger partial charge in [-0.1, -0.05) is 6.92 Å². The van der Waals surface area contributed by atoms with E-state index in [0.29, 0.717) is 6.42 Å². The van der Waals surface area contributed by atoms with Gasteiger partial charge in [-0.05, 0) is 12.5 Å². The Kier molecular flexibility index (Phi) is 4.68. The highest BCUT2D eigenvalue weighted by Gasteiger charge is 2.27. The fourth-order valence-corrected chi connectivity index (χ4v) is 1.45. The molecule has 6 nitrogen and oxygen atoms in total. The molecule has 0 saturated carbocycles. The van der Waals surface area contributed by atoms with Crippen molar-refractivity contribution in [2.75, 3.05) is 13.2 Å². The predicted molar refractivity (Wildman–Crippen MR) is 59.7 cm³/mol. The van der Waals surface area contributed by atoms with Crippen molar-refractivity contribution in [3.8, 4) is 0 Å². The highest BCUT2D eigenvalue weighted by atomic mass is 16.4. The number of hydrogen-bond donors (Lipinski definition) is 4. The van der Waals surface area contributed by atoms with Crippen molar-refractivity contribution in [1.29, 1.82) is 0 Å². The van der Waals surface area contributed by atoms with Crippen LogP contribution in [0.15, 0.2) is 16.7 Å². The van der Waals surface area contributed by atoms with E-state index in [-0.39, 0.29) is 31.1 Å². The van der Waals surface area contributed by atoms with Gasteiger partial charge in [-0.25, -0.2) is 4.79 Å². The van der Waals surface area contributed by atoms with E-state index < -0.39 is 11.5 Å². The van der Waals surface area contributed by atoms with Gasteiger partial charge >= 0.3 is 5.97 Å². The van der Waals surface area contributed by atoms with Gasteiger partial charge in [0, 0.05) is 0 Å². The van der Waals surface area contributed by atoms with Crippen molar-refractivity contribution in [1.82, 2.24) is 5.32 Å². The number of aromatic carboxylic acids is 1. The summed E-state index contributed by atoms with van der Waals surface area (Å²) in [4.78, 5) is 10.8. The minimum Gasteiger partial charge on any atom is -0.478 e. The maximum absolute atomic E-state index is 10.8. The first-order valence-corrected chi connectivity index (χ1v) is 5.35. The standard InChI is InChI=1S/C11H17NO5/c1-2-11(6-13,7-14)12-5-9-8(10(15)16)3-4-17-9/h3-4,12-14H,2,5-7H2,1H3,(H,15,16). The molecule has 1 aromatic rings. The van der Waals surface area contributed by atoms with Crippen molar-refractivity contribution in [3.05, 3.63) is 23.7 Å². The number of carbonyl (C=O) groups is 1. The lowest BCUT2D eigenvalue weighted by atomic mass is 9.98. The first kappa shape index (κ1) is 13.7. The minimum atomic E-state index is -1.06. The lowest BCUT2D eigenvalue weighted by molar-refractivity contribution is 0.0691. The summed E-state index contributed by atoms with van der Waals surface area (Å²) in [7, 11) is 0. The predicted octanol–water partition coefficient (Wildman–Crippen LogP) is 0.201. The highest BCUT2D eigenvalue weighted by Crippen LogP contribution is 2.14. The first-order chi connectivity index (χ1) is 8.08. The van der Waals surface area contributed by atoms with Crippen LogP contribution in [0, 0.1) is 0 Å². The zero-order chi connectivity index (χ0) is 12.9. The molecule has 0 atom stereocenters. The van der Waals surface area contributed by atoms with E-state index >= 15 is 0 Å². The van der Waals surface area contributed by atoms with Gasteiger partial charge in [-0.2, -0.15) is 0 Å². The second-order valence-electron chi connectivity index (χ2n) is 3.87. The number of aliphatic hydroxyl groups is 2. The Morgan fingerprint density at radius 3 is 2.59 bits per heavy atom. The number of aliphatic hydroxyl groups excluding tert-OH is 2. The van der Waals surface area contributed by atoms with Gasteiger partial charge in [-0.3, -0.25) is 0 Å². The average Bonchev–Trinajstić information content (AvgIpc) is 2.80. The summed E-state index contributed by atoms with van der Waals surface area (Å²) in [5, 5.41) is 30.2. The zero-order valence-corrected chi connectivity index (χ0v) is 9.64. The molecule has 1 rings (SSSR count). The van der Waals surface area contributed by atoms with E-state index in [9.17, 15) is 15.0 Å². The zero-order valence-electron chi connectivity index (χ0n) is 9.64. The number of nitrogens with one attached hydrogen (secondary N) is 1. The summed E-state index contributed by atoms with van der Waals surface area (Å²) in [6, 6.07) is 1.37. The fourth-order valence-electron chi connectivity index (χ4n) is 1.45. The molecule has 0 saturated heterocycles. The summed E-state index contributed by atoms with van der Waals surface area (Å²) >= 11 is 0. The topological polar surface area (TPSA) is 103 Å². The molecule has 4 N–H and O–H groups in total. The van der Waals surface area contributed by atoms with Crippen LogP contribution in [-0.4, -0.2) is 40.0 Å². The Morgan fingerprint density at radius 2 is 2.12 bits per heavy atom. The summed E-state index contributed by atoms with van der Waals surface area (Å²) in [6.45, 7) is 1.50. The quantitative estimate of drug-likeness (QED) is 0.545.